The molecule has 12 nitrogen and oxygen atoms in total. The lowest BCUT2D eigenvalue weighted by molar-refractivity contribution is 0.00154. The van der Waals surface area contributed by atoms with Crippen LogP contribution in [0.1, 0.15) is 44.3 Å². The molecule has 4 aromatic heterocycles. The van der Waals surface area contributed by atoms with Gasteiger partial charge in [-0.05, 0) is 44.5 Å². The zero-order valence-electron chi connectivity index (χ0n) is 20.8. The Bertz CT molecular complexity index is 1520. The number of nitrogens with one attached hydrogen (secondary N) is 1. The van der Waals surface area contributed by atoms with E-state index in [9.17, 15) is 8.42 Å². The summed E-state index contributed by atoms with van der Waals surface area (Å²) in [5, 5.41) is 7.71. The van der Waals surface area contributed by atoms with Crippen molar-refractivity contribution in [1.82, 2.24) is 34.7 Å². The van der Waals surface area contributed by atoms with E-state index in [2.05, 4.69) is 34.9 Å². The van der Waals surface area contributed by atoms with Crippen molar-refractivity contribution < 1.29 is 17.9 Å². The fraction of sp³-hybridized carbons (Fsp3) is 0.333. The second-order valence-electron chi connectivity index (χ2n) is 8.90. The summed E-state index contributed by atoms with van der Waals surface area (Å²) < 4.78 is 43.7. The molecule has 3 atom stereocenters. The van der Waals surface area contributed by atoms with Crippen LogP contribution in [-0.2, 0) is 14.8 Å². The van der Waals surface area contributed by atoms with E-state index < -0.39 is 27.4 Å². The first-order chi connectivity index (χ1) is 18.2. The maximum Gasteiger partial charge on any atom is 0.240 e. The van der Waals surface area contributed by atoms with Crippen LogP contribution in [-0.4, -0.2) is 61.1 Å². The van der Waals surface area contributed by atoms with Gasteiger partial charge in [-0.3, -0.25) is 14.3 Å². The molecule has 1 aliphatic rings. The Kier molecular flexibility index (Phi) is 7.23. The fourth-order valence-electron chi connectivity index (χ4n) is 4.08. The van der Waals surface area contributed by atoms with Gasteiger partial charge in [0.25, 0.3) is 0 Å². The lowest BCUT2D eigenvalue weighted by atomic mass is 10.1. The predicted octanol–water partition coefficient (Wildman–Crippen LogP) is 3.46. The first-order valence-electron chi connectivity index (χ1n) is 11.8. The first-order valence-corrected chi connectivity index (χ1v) is 13.7. The van der Waals surface area contributed by atoms with Crippen molar-refractivity contribution in [3.63, 3.8) is 0 Å². The van der Waals surface area contributed by atoms with Gasteiger partial charge in [-0.15, -0.1) is 10.2 Å². The number of halogens is 1. The average Bonchev–Trinajstić information content (AvgIpc) is 3.22. The standard InChI is InChI=1S/C24H25ClN8O4S/c1-14(2)37-21(22-28-11-17(25)12-29-22)15(3)38(34,35)32-24-31-30-23-20-19(7-5-9-27-20)36-13-18(33(23)24)16-6-4-8-26-10-16/h4-12,14-15,18,21H,13H2,1-3H3,(H,31,32)/t15?,18-,21?/m0/s1. The van der Waals surface area contributed by atoms with Gasteiger partial charge in [0.1, 0.15) is 29.4 Å². The molecule has 38 heavy (non-hydrogen) atoms. The fourth-order valence-corrected chi connectivity index (χ4v) is 5.27. The molecule has 198 valence electrons. The number of sulfonamides is 1. The van der Waals surface area contributed by atoms with Crippen molar-refractivity contribution in [2.45, 2.75) is 44.3 Å². The molecule has 5 heterocycles. The minimum Gasteiger partial charge on any atom is -0.489 e. The minimum absolute atomic E-state index is 0.00290. The molecule has 0 aliphatic carbocycles. The smallest absolute Gasteiger partial charge is 0.240 e. The molecule has 0 saturated carbocycles. The predicted molar refractivity (Wildman–Crippen MR) is 139 cm³/mol. The molecule has 1 N–H and O–H groups in total. The van der Waals surface area contributed by atoms with E-state index in [0.717, 1.165) is 5.56 Å². The molecule has 0 spiro atoms. The number of pyridine rings is 2. The lowest BCUT2D eigenvalue weighted by Gasteiger charge is -2.26. The third-order valence-corrected chi connectivity index (χ3v) is 7.81. The Hall–Kier alpha value is -3.68. The van der Waals surface area contributed by atoms with Gasteiger partial charge in [-0.2, -0.15) is 0 Å². The van der Waals surface area contributed by atoms with Crippen LogP contribution < -0.4 is 9.46 Å². The van der Waals surface area contributed by atoms with Crippen LogP contribution in [0.25, 0.3) is 11.5 Å². The number of nitrogens with zero attached hydrogens (tertiary/aromatic N) is 7. The molecule has 0 saturated heterocycles. The molecule has 0 amide bonds. The van der Waals surface area contributed by atoms with Crippen LogP contribution in [0.2, 0.25) is 5.02 Å². The number of anilines is 1. The number of hydrogen-bond donors (Lipinski definition) is 1. The van der Waals surface area contributed by atoms with E-state index in [1.807, 2.05) is 6.07 Å². The van der Waals surface area contributed by atoms with Crippen LogP contribution in [0.4, 0.5) is 5.95 Å². The first kappa shape index (κ1) is 25.9. The van der Waals surface area contributed by atoms with E-state index in [0.29, 0.717) is 22.3 Å². The van der Waals surface area contributed by atoms with E-state index in [1.54, 1.807) is 55.2 Å². The number of aromatic nitrogens is 7. The summed E-state index contributed by atoms with van der Waals surface area (Å²) in [5.74, 6) is 1.07. The Morgan fingerprint density at radius 3 is 2.55 bits per heavy atom. The summed E-state index contributed by atoms with van der Waals surface area (Å²) in [4.78, 5) is 17.0. The maximum atomic E-state index is 13.7. The summed E-state index contributed by atoms with van der Waals surface area (Å²) >= 11 is 5.93. The van der Waals surface area contributed by atoms with Gasteiger partial charge in [0, 0.05) is 31.0 Å². The van der Waals surface area contributed by atoms with E-state index in [-0.39, 0.29) is 24.5 Å². The van der Waals surface area contributed by atoms with Crippen LogP contribution >= 0.6 is 11.6 Å². The number of hydrogen-bond acceptors (Lipinski definition) is 10. The molecule has 0 aromatic carbocycles. The molecule has 0 radical (unpaired) electrons. The third-order valence-electron chi connectivity index (χ3n) is 5.92. The highest BCUT2D eigenvalue weighted by molar-refractivity contribution is 7.93. The van der Waals surface area contributed by atoms with Crippen molar-refractivity contribution in [2.75, 3.05) is 11.3 Å². The maximum absolute atomic E-state index is 13.7. The number of fused-ring (bicyclic) bond motifs is 3. The highest BCUT2D eigenvalue weighted by Crippen LogP contribution is 2.37. The number of ether oxygens (including phenoxy) is 2. The van der Waals surface area contributed by atoms with Crippen LogP contribution in [0.3, 0.4) is 0 Å². The van der Waals surface area contributed by atoms with Crippen molar-refractivity contribution in [1.29, 1.82) is 0 Å². The Morgan fingerprint density at radius 2 is 1.84 bits per heavy atom. The molecule has 14 heteroatoms. The summed E-state index contributed by atoms with van der Waals surface area (Å²) in [6, 6.07) is 6.71. The van der Waals surface area contributed by atoms with E-state index >= 15 is 0 Å². The molecular weight excluding hydrogens is 532 g/mol. The van der Waals surface area contributed by atoms with Crippen molar-refractivity contribution in [3.8, 4) is 17.3 Å². The topological polar surface area (TPSA) is 147 Å². The molecule has 2 unspecified atom stereocenters. The third kappa shape index (κ3) is 5.17. The van der Waals surface area contributed by atoms with Crippen molar-refractivity contribution in [2.24, 2.45) is 0 Å². The molecule has 0 fully saturated rings. The van der Waals surface area contributed by atoms with Gasteiger partial charge < -0.3 is 9.47 Å². The highest BCUT2D eigenvalue weighted by atomic mass is 35.5. The summed E-state index contributed by atoms with van der Waals surface area (Å²) in [7, 11) is -4.10. The minimum atomic E-state index is -4.10. The zero-order valence-corrected chi connectivity index (χ0v) is 22.3. The lowest BCUT2D eigenvalue weighted by Crippen LogP contribution is -2.35. The molecule has 4 aromatic rings. The van der Waals surface area contributed by atoms with E-state index in [4.69, 9.17) is 21.1 Å². The molecule has 0 bridgehead atoms. The van der Waals surface area contributed by atoms with Gasteiger partial charge >= 0.3 is 0 Å². The van der Waals surface area contributed by atoms with Gasteiger partial charge in [-0.25, -0.2) is 23.4 Å². The molecule has 5 rings (SSSR count). The van der Waals surface area contributed by atoms with Crippen LogP contribution in [0.5, 0.6) is 5.75 Å². The Morgan fingerprint density at radius 1 is 1.08 bits per heavy atom. The molecule has 1 aliphatic heterocycles. The SMILES string of the molecule is CC(C)OC(c1ncc(Cl)cn1)C(C)S(=O)(=O)Nc1nnc2n1[C@H](c1cccnc1)COc1cccnc1-2. The van der Waals surface area contributed by atoms with Gasteiger partial charge in [0.15, 0.2) is 11.6 Å². The monoisotopic (exact) mass is 556 g/mol. The zero-order chi connectivity index (χ0) is 26.9. The average molecular weight is 557 g/mol. The van der Waals surface area contributed by atoms with Crippen LogP contribution in [0.15, 0.2) is 55.2 Å². The quantitative estimate of drug-likeness (QED) is 0.342. The molecular formula is C24H25ClN8O4S. The summed E-state index contributed by atoms with van der Waals surface area (Å²) in [6.07, 6.45) is 6.48. The second kappa shape index (κ2) is 10.6. The van der Waals surface area contributed by atoms with Crippen LogP contribution in [0, 0.1) is 0 Å². The normalized spacial score (nSPS) is 16.6. The van der Waals surface area contributed by atoms with E-state index in [1.165, 1.54) is 19.3 Å². The van der Waals surface area contributed by atoms with Gasteiger partial charge in [0.2, 0.25) is 16.0 Å². The number of rotatable bonds is 8. The summed E-state index contributed by atoms with van der Waals surface area (Å²) in [5.41, 5.74) is 1.23. The Balaban J connectivity index is 1.55. The van der Waals surface area contributed by atoms with Gasteiger partial charge in [-0.1, -0.05) is 17.7 Å². The second-order valence-corrected chi connectivity index (χ2v) is 11.4. The summed E-state index contributed by atoms with van der Waals surface area (Å²) in [6.45, 7) is 5.30. The highest BCUT2D eigenvalue weighted by Gasteiger charge is 2.37. The largest absolute Gasteiger partial charge is 0.489 e. The van der Waals surface area contributed by atoms with Crippen molar-refractivity contribution in [3.05, 3.63) is 71.7 Å². The van der Waals surface area contributed by atoms with Gasteiger partial charge in [0.05, 0.1) is 17.2 Å². The Labute approximate surface area is 224 Å². The van der Waals surface area contributed by atoms with Crippen molar-refractivity contribution >= 4 is 27.6 Å².